The molecule has 28 heavy (non-hydrogen) atoms. The van der Waals surface area contributed by atoms with Crippen molar-refractivity contribution in [2.45, 2.75) is 25.0 Å². The molecule has 2 aromatic rings. The van der Waals surface area contributed by atoms with Gasteiger partial charge in [-0.1, -0.05) is 60.7 Å². The molecule has 1 fully saturated rings. The van der Waals surface area contributed by atoms with Gasteiger partial charge in [0, 0.05) is 32.2 Å². The summed E-state index contributed by atoms with van der Waals surface area (Å²) in [7, 11) is 2.15. The molecular formula is C23H30N2O3. The Morgan fingerprint density at radius 1 is 1.07 bits per heavy atom. The largest absolute Gasteiger partial charge is 0.463 e. The van der Waals surface area contributed by atoms with Crippen LogP contribution in [0.25, 0.3) is 0 Å². The van der Waals surface area contributed by atoms with Crippen LogP contribution in [0.3, 0.4) is 0 Å². The van der Waals surface area contributed by atoms with Gasteiger partial charge in [-0.15, -0.1) is 0 Å². The molecule has 0 aliphatic carbocycles. The zero-order valence-electron chi connectivity index (χ0n) is 16.8. The van der Waals surface area contributed by atoms with Crippen LogP contribution >= 0.6 is 0 Å². The first-order valence-corrected chi connectivity index (χ1v) is 9.95. The van der Waals surface area contributed by atoms with Gasteiger partial charge in [0.15, 0.2) is 0 Å². The highest BCUT2D eigenvalue weighted by Crippen LogP contribution is 2.31. The van der Waals surface area contributed by atoms with E-state index >= 15 is 0 Å². The minimum Gasteiger partial charge on any atom is -0.463 e. The van der Waals surface area contributed by atoms with Crippen molar-refractivity contribution in [1.29, 1.82) is 0 Å². The van der Waals surface area contributed by atoms with Crippen molar-refractivity contribution < 1.29 is 14.6 Å². The summed E-state index contributed by atoms with van der Waals surface area (Å²) in [5.74, 6) is -0.628. The quantitative estimate of drug-likeness (QED) is 0.589. The molecule has 1 N–H and O–H groups in total. The average Bonchev–Trinajstić information content (AvgIpc) is 2.74. The van der Waals surface area contributed by atoms with Crippen molar-refractivity contribution in [3.8, 4) is 0 Å². The van der Waals surface area contributed by atoms with E-state index in [2.05, 4.69) is 23.8 Å². The van der Waals surface area contributed by atoms with Crippen LogP contribution in [0.1, 0.15) is 24.5 Å². The Morgan fingerprint density at radius 2 is 1.64 bits per heavy atom. The van der Waals surface area contributed by atoms with Gasteiger partial charge < -0.3 is 19.6 Å². The third-order valence-electron chi connectivity index (χ3n) is 5.57. The second-order valence-corrected chi connectivity index (χ2v) is 7.56. The molecule has 1 aliphatic heterocycles. The maximum absolute atomic E-state index is 12.9. The molecule has 150 valence electrons. The molecule has 0 spiro atoms. The third kappa shape index (κ3) is 4.61. The topological polar surface area (TPSA) is 53.0 Å². The number of aliphatic hydroxyl groups is 1. The van der Waals surface area contributed by atoms with Crippen molar-refractivity contribution in [2.75, 3.05) is 39.8 Å². The van der Waals surface area contributed by atoms with Crippen LogP contribution in [0.4, 0.5) is 0 Å². The minimum absolute atomic E-state index is 0.293. The lowest BCUT2D eigenvalue weighted by atomic mass is 9.86. The number of benzene rings is 2. The van der Waals surface area contributed by atoms with Gasteiger partial charge in [0.1, 0.15) is 0 Å². The number of likely N-dealkylation sites (N-methyl/N-ethyl adjacent to an activating group) is 1. The van der Waals surface area contributed by atoms with Crippen LogP contribution in [0.2, 0.25) is 0 Å². The number of ether oxygens (including phenoxy) is 1. The molecular weight excluding hydrogens is 352 g/mol. The van der Waals surface area contributed by atoms with E-state index in [9.17, 15) is 9.90 Å². The Balaban J connectivity index is 1.61. The number of hydrogen-bond acceptors (Lipinski definition) is 5. The fourth-order valence-electron chi connectivity index (χ4n) is 3.65. The predicted octanol–water partition coefficient (Wildman–Crippen LogP) is 2.49. The molecule has 0 saturated carbocycles. The van der Waals surface area contributed by atoms with E-state index < -0.39 is 11.6 Å². The van der Waals surface area contributed by atoms with Crippen LogP contribution < -0.4 is 0 Å². The summed E-state index contributed by atoms with van der Waals surface area (Å²) in [4.78, 5) is 17.7. The summed E-state index contributed by atoms with van der Waals surface area (Å²) in [6, 6.07) is 18.5. The van der Waals surface area contributed by atoms with Crippen molar-refractivity contribution in [3.63, 3.8) is 0 Å². The molecule has 0 aromatic heterocycles. The molecule has 1 heterocycles. The molecule has 0 amide bonds. The number of carbonyl (C=O) groups is 1. The van der Waals surface area contributed by atoms with Crippen molar-refractivity contribution in [1.82, 2.24) is 9.80 Å². The summed E-state index contributed by atoms with van der Waals surface area (Å²) in [6.07, 6.45) is 0.752. The van der Waals surface area contributed by atoms with Gasteiger partial charge in [-0.3, -0.25) is 0 Å². The minimum atomic E-state index is -1.80. The molecule has 1 unspecified atom stereocenters. The van der Waals surface area contributed by atoms with Crippen molar-refractivity contribution >= 4 is 5.97 Å². The lowest BCUT2D eigenvalue weighted by molar-refractivity contribution is -0.162. The van der Waals surface area contributed by atoms with Crippen LogP contribution in [-0.4, -0.2) is 66.8 Å². The molecule has 1 atom stereocenters. The van der Waals surface area contributed by atoms with Gasteiger partial charge in [0.25, 0.3) is 0 Å². The summed E-state index contributed by atoms with van der Waals surface area (Å²) in [5.41, 5.74) is -0.775. The van der Waals surface area contributed by atoms with Crippen molar-refractivity contribution in [2.24, 2.45) is 0 Å². The number of carbonyl (C=O) groups excluding carboxylic acids is 1. The summed E-state index contributed by atoms with van der Waals surface area (Å²) < 4.78 is 5.53. The molecule has 1 saturated heterocycles. The maximum atomic E-state index is 12.9. The highest BCUT2D eigenvalue weighted by Gasteiger charge is 2.41. The van der Waals surface area contributed by atoms with Gasteiger partial charge in [0.05, 0.1) is 6.61 Å². The number of rotatable bonds is 7. The van der Waals surface area contributed by atoms with Crippen LogP contribution in [0, 0.1) is 0 Å². The Morgan fingerprint density at radius 3 is 2.18 bits per heavy atom. The van der Waals surface area contributed by atoms with E-state index in [4.69, 9.17) is 4.74 Å². The second-order valence-electron chi connectivity index (χ2n) is 7.56. The van der Waals surface area contributed by atoms with E-state index in [0.717, 1.165) is 32.6 Å². The highest BCUT2D eigenvalue weighted by molar-refractivity contribution is 5.85. The van der Waals surface area contributed by atoms with Crippen LogP contribution in [0.5, 0.6) is 0 Å². The predicted molar refractivity (Wildman–Crippen MR) is 110 cm³/mol. The molecule has 3 rings (SSSR count). The molecule has 2 aromatic carbocycles. The first-order chi connectivity index (χ1) is 13.5. The van der Waals surface area contributed by atoms with Crippen LogP contribution in [-0.2, 0) is 15.1 Å². The fourth-order valence-corrected chi connectivity index (χ4v) is 3.65. The second kappa shape index (κ2) is 9.32. The molecule has 1 aliphatic rings. The van der Waals surface area contributed by atoms with E-state index in [1.54, 1.807) is 24.3 Å². The first kappa shape index (κ1) is 20.5. The van der Waals surface area contributed by atoms with E-state index in [1.165, 1.54) is 0 Å². The van der Waals surface area contributed by atoms with E-state index in [0.29, 0.717) is 23.8 Å². The number of nitrogens with zero attached hydrogens (tertiary/aromatic N) is 2. The molecule has 5 heteroatoms. The van der Waals surface area contributed by atoms with E-state index in [-0.39, 0.29) is 0 Å². The third-order valence-corrected chi connectivity index (χ3v) is 5.57. The normalized spacial score (nSPS) is 18.8. The maximum Gasteiger partial charge on any atom is 0.347 e. The standard InChI is InChI=1S/C23H30N2O3/c1-19-18-25(16-15-24(19)2)14-9-17-28-22(26)23(27,20-10-5-3-6-11-20)21-12-7-4-8-13-21/h3-8,10-13,19,27H,9,14-18H2,1-2H3. The summed E-state index contributed by atoms with van der Waals surface area (Å²) >= 11 is 0. The average molecular weight is 383 g/mol. The number of hydrogen-bond donors (Lipinski definition) is 1. The highest BCUT2D eigenvalue weighted by atomic mass is 16.5. The monoisotopic (exact) mass is 382 g/mol. The van der Waals surface area contributed by atoms with E-state index in [1.807, 2.05) is 36.4 Å². The van der Waals surface area contributed by atoms with Gasteiger partial charge in [-0.2, -0.15) is 0 Å². The molecule has 0 radical (unpaired) electrons. The summed E-state index contributed by atoms with van der Waals surface area (Å²) in [6.45, 7) is 6.53. The lowest BCUT2D eigenvalue weighted by Crippen LogP contribution is -2.50. The molecule has 5 nitrogen and oxygen atoms in total. The van der Waals surface area contributed by atoms with Gasteiger partial charge in [-0.25, -0.2) is 4.79 Å². The number of piperazine rings is 1. The molecule has 0 bridgehead atoms. The van der Waals surface area contributed by atoms with Gasteiger partial charge in [0.2, 0.25) is 5.60 Å². The first-order valence-electron chi connectivity index (χ1n) is 9.95. The summed E-state index contributed by atoms with van der Waals surface area (Å²) in [5, 5.41) is 11.3. The smallest absolute Gasteiger partial charge is 0.347 e. The Kier molecular flexibility index (Phi) is 6.83. The zero-order chi connectivity index (χ0) is 20.0. The van der Waals surface area contributed by atoms with Crippen LogP contribution in [0.15, 0.2) is 60.7 Å². The Hall–Kier alpha value is -2.21. The Bertz CT molecular complexity index is 711. The Labute approximate surface area is 167 Å². The zero-order valence-corrected chi connectivity index (χ0v) is 16.8. The SMILES string of the molecule is CC1CN(CCCOC(=O)C(O)(c2ccccc2)c2ccccc2)CCN1C. The van der Waals surface area contributed by atoms with Crippen molar-refractivity contribution in [3.05, 3.63) is 71.8 Å². The van der Waals surface area contributed by atoms with Gasteiger partial charge in [-0.05, 0) is 31.5 Å². The number of esters is 1. The van der Waals surface area contributed by atoms with Gasteiger partial charge >= 0.3 is 5.97 Å². The fraction of sp³-hybridized carbons (Fsp3) is 0.435. The lowest BCUT2D eigenvalue weighted by Gasteiger charge is -2.37.